The Labute approximate surface area is 103 Å². The highest BCUT2D eigenvalue weighted by molar-refractivity contribution is 5.86. The molecule has 17 heavy (non-hydrogen) atoms. The number of anilines is 2. The van der Waals surface area contributed by atoms with Gasteiger partial charge in [-0.1, -0.05) is 19.1 Å². The molecule has 4 heteroatoms. The molecule has 1 aromatic rings. The Morgan fingerprint density at radius 1 is 1.47 bits per heavy atom. The number of nitrogen functional groups attached to an aromatic ring is 1. The number of rotatable bonds is 5. The molecule has 1 atom stereocenters. The van der Waals surface area contributed by atoms with Crippen LogP contribution in [0.15, 0.2) is 24.3 Å². The molecule has 0 bridgehead atoms. The number of likely N-dealkylation sites (N-methyl/N-ethyl adjacent to an activating group) is 1. The van der Waals surface area contributed by atoms with Crippen molar-refractivity contribution < 1.29 is 4.79 Å². The van der Waals surface area contributed by atoms with Crippen LogP contribution in [0, 0.1) is 0 Å². The minimum Gasteiger partial charge on any atom is -0.397 e. The molecule has 4 nitrogen and oxygen atoms in total. The Kier molecular flexibility index (Phi) is 4.82. The SMILES string of the molecule is CCCNC(=O)C(C)N(C)c1ccccc1N. The fraction of sp³-hybridized carbons (Fsp3) is 0.462. The van der Waals surface area contributed by atoms with Crippen molar-refractivity contribution in [3.8, 4) is 0 Å². The number of hydrogen-bond donors (Lipinski definition) is 2. The van der Waals surface area contributed by atoms with E-state index in [0.717, 1.165) is 12.1 Å². The van der Waals surface area contributed by atoms with Gasteiger partial charge in [-0.25, -0.2) is 0 Å². The maximum absolute atomic E-state index is 11.8. The molecule has 1 rings (SSSR count). The standard InChI is InChI=1S/C13H21N3O/c1-4-9-15-13(17)10(2)16(3)12-8-6-5-7-11(12)14/h5-8,10H,4,9,14H2,1-3H3,(H,15,17). The summed E-state index contributed by atoms with van der Waals surface area (Å²) in [5.41, 5.74) is 7.45. The van der Waals surface area contributed by atoms with Crippen LogP contribution >= 0.6 is 0 Å². The van der Waals surface area contributed by atoms with Crippen molar-refractivity contribution in [1.82, 2.24) is 5.32 Å². The molecular formula is C13H21N3O. The maximum atomic E-state index is 11.8. The second-order valence-electron chi connectivity index (χ2n) is 4.14. The lowest BCUT2D eigenvalue weighted by Gasteiger charge is -2.27. The molecule has 1 unspecified atom stereocenters. The van der Waals surface area contributed by atoms with Gasteiger partial charge in [-0.15, -0.1) is 0 Å². The number of nitrogens with one attached hydrogen (secondary N) is 1. The summed E-state index contributed by atoms with van der Waals surface area (Å²) in [6.07, 6.45) is 0.940. The van der Waals surface area contributed by atoms with Gasteiger partial charge in [-0.3, -0.25) is 4.79 Å². The maximum Gasteiger partial charge on any atom is 0.242 e. The van der Waals surface area contributed by atoms with Crippen LogP contribution < -0.4 is 16.0 Å². The van der Waals surface area contributed by atoms with Gasteiger partial charge in [0.1, 0.15) is 6.04 Å². The van der Waals surface area contributed by atoms with E-state index in [2.05, 4.69) is 5.32 Å². The van der Waals surface area contributed by atoms with E-state index in [-0.39, 0.29) is 11.9 Å². The van der Waals surface area contributed by atoms with Crippen LogP contribution in [0.5, 0.6) is 0 Å². The Bertz CT molecular complexity index is 379. The van der Waals surface area contributed by atoms with Crippen molar-refractivity contribution in [2.24, 2.45) is 0 Å². The molecule has 0 heterocycles. The van der Waals surface area contributed by atoms with Crippen molar-refractivity contribution in [2.75, 3.05) is 24.2 Å². The number of hydrogen-bond acceptors (Lipinski definition) is 3. The lowest BCUT2D eigenvalue weighted by atomic mass is 10.2. The minimum atomic E-state index is -0.230. The summed E-state index contributed by atoms with van der Waals surface area (Å²) in [6.45, 7) is 4.61. The van der Waals surface area contributed by atoms with E-state index < -0.39 is 0 Å². The molecule has 0 aliphatic heterocycles. The Balaban J connectivity index is 2.72. The van der Waals surface area contributed by atoms with Gasteiger partial charge in [0.05, 0.1) is 11.4 Å². The third-order valence-corrected chi connectivity index (χ3v) is 2.83. The first-order valence-electron chi connectivity index (χ1n) is 5.93. The lowest BCUT2D eigenvalue weighted by Crippen LogP contribution is -2.43. The minimum absolute atomic E-state index is 0.0256. The Morgan fingerprint density at radius 2 is 2.12 bits per heavy atom. The van der Waals surface area contributed by atoms with E-state index in [1.165, 1.54) is 0 Å². The highest BCUT2D eigenvalue weighted by Crippen LogP contribution is 2.22. The summed E-state index contributed by atoms with van der Waals surface area (Å²) in [5, 5.41) is 2.88. The fourth-order valence-corrected chi connectivity index (χ4v) is 1.59. The number of carbonyl (C=O) groups is 1. The average Bonchev–Trinajstić information content (AvgIpc) is 2.34. The molecule has 0 fully saturated rings. The van der Waals surface area contributed by atoms with E-state index in [1.54, 1.807) is 0 Å². The number of carbonyl (C=O) groups excluding carboxylic acids is 1. The van der Waals surface area contributed by atoms with Crippen LogP contribution in [-0.4, -0.2) is 25.5 Å². The average molecular weight is 235 g/mol. The zero-order valence-electron chi connectivity index (χ0n) is 10.7. The van der Waals surface area contributed by atoms with E-state index in [0.29, 0.717) is 12.2 Å². The van der Waals surface area contributed by atoms with E-state index >= 15 is 0 Å². The Hall–Kier alpha value is -1.71. The molecule has 0 radical (unpaired) electrons. The van der Waals surface area contributed by atoms with Crippen LogP contribution in [0.1, 0.15) is 20.3 Å². The van der Waals surface area contributed by atoms with Gasteiger partial charge in [0.2, 0.25) is 5.91 Å². The van der Waals surface area contributed by atoms with Crippen LogP contribution in [0.4, 0.5) is 11.4 Å². The predicted molar refractivity (Wildman–Crippen MR) is 72.0 cm³/mol. The second kappa shape index (κ2) is 6.13. The number of nitrogens with zero attached hydrogens (tertiary/aromatic N) is 1. The van der Waals surface area contributed by atoms with Gasteiger partial charge in [0, 0.05) is 13.6 Å². The van der Waals surface area contributed by atoms with Crippen LogP contribution in [0.3, 0.4) is 0 Å². The second-order valence-corrected chi connectivity index (χ2v) is 4.14. The van der Waals surface area contributed by atoms with Crippen LogP contribution in [-0.2, 0) is 4.79 Å². The first-order chi connectivity index (χ1) is 8.07. The van der Waals surface area contributed by atoms with Gasteiger partial charge in [0.15, 0.2) is 0 Å². The molecule has 0 saturated heterocycles. The quantitative estimate of drug-likeness (QED) is 0.762. The Morgan fingerprint density at radius 3 is 2.71 bits per heavy atom. The molecule has 1 aromatic carbocycles. The highest BCUT2D eigenvalue weighted by Gasteiger charge is 2.18. The van der Waals surface area contributed by atoms with Gasteiger partial charge in [0.25, 0.3) is 0 Å². The van der Waals surface area contributed by atoms with Crippen molar-refractivity contribution >= 4 is 17.3 Å². The van der Waals surface area contributed by atoms with Gasteiger partial charge in [-0.2, -0.15) is 0 Å². The van der Waals surface area contributed by atoms with Gasteiger partial charge >= 0.3 is 0 Å². The number of amides is 1. The summed E-state index contributed by atoms with van der Waals surface area (Å²) in [5.74, 6) is 0.0256. The smallest absolute Gasteiger partial charge is 0.242 e. The summed E-state index contributed by atoms with van der Waals surface area (Å²) >= 11 is 0. The first kappa shape index (κ1) is 13.4. The number of nitrogens with two attached hydrogens (primary N) is 1. The number of para-hydroxylation sites is 2. The molecule has 0 aliphatic rings. The van der Waals surface area contributed by atoms with Crippen molar-refractivity contribution in [3.63, 3.8) is 0 Å². The monoisotopic (exact) mass is 235 g/mol. The van der Waals surface area contributed by atoms with E-state index in [1.807, 2.05) is 50.1 Å². The third kappa shape index (κ3) is 3.37. The zero-order valence-corrected chi connectivity index (χ0v) is 10.7. The summed E-state index contributed by atoms with van der Waals surface area (Å²) in [4.78, 5) is 13.7. The summed E-state index contributed by atoms with van der Waals surface area (Å²) < 4.78 is 0. The molecular weight excluding hydrogens is 214 g/mol. The fourth-order valence-electron chi connectivity index (χ4n) is 1.59. The molecule has 1 amide bonds. The molecule has 0 aromatic heterocycles. The van der Waals surface area contributed by atoms with Gasteiger partial charge < -0.3 is 16.0 Å². The first-order valence-corrected chi connectivity index (χ1v) is 5.93. The predicted octanol–water partition coefficient (Wildman–Crippen LogP) is 1.62. The van der Waals surface area contributed by atoms with E-state index in [4.69, 9.17) is 5.73 Å². The highest BCUT2D eigenvalue weighted by atomic mass is 16.2. The van der Waals surface area contributed by atoms with Crippen LogP contribution in [0.25, 0.3) is 0 Å². The lowest BCUT2D eigenvalue weighted by molar-refractivity contribution is -0.121. The molecule has 0 saturated carbocycles. The topological polar surface area (TPSA) is 58.4 Å². The molecule has 0 spiro atoms. The normalized spacial score (nSPS) is 11.9. The van der Waals surface area contributed by atoms with Crippen molar-refractivity contribution in [2.45, 2.75) is 26.3 Å². The zero-order chi connectivity index (χ0) is 12.8. The van der Waals surface area contributed by atoms with Gasteiger partial charge in [-0.05, 0) is 25.5 Å². The molecule has 3 N–H and O–H groups in total. The largest absolute Gasteiger partial charge is 0.397 e. The van der Waals surface area contributed by atoms with Crippen molar-refractivity contribution in [3.05, 3.63) is 24.3 Å². The molecule has 94 valence electrons. The van der Waals surface area contributed by atoms with E-state index in [9.17, 15) is 4.79 Å². The summed E-state index contributed by atoms with van der Waals surface area (Å²) in [7, 11) is 1.88. The third-order valence-electron chi connectivity index (χ3n) is 2.83. The number of benzene rings is 1. The van der Waals surface area contributed by atoms with Crippen molar-refractivity contribution in [1.29, 1.82) is 0 Å². The summed E-state index contributed by atoms with van der Waals surface area (Å²) in [6, 6.07) is 7.32. The van der Waals surface area contributed by atoms with Crippen LogP contribution in [0.2, 0.25) is 0 Å². The molecule has 0 aliphatic carbocycles.